The second-order valence-electron chi connectivity index (χ2n) is 2.75. The van der Waals surface area contributed by atoms with Gasteiger partial charge in [-0.3, -0.25) is 0 Å². The van der Waals surface area contributed by atoms with E-state index in [1.54, 1.807) is 0 Å². The molecule has 4 nitrogen and oxygen atoms in total. The van der Waals surface area contributed by atoms with Crippen molar-refractivity contribution in [1.29, 1.82) is 0 Å². The predicted octanol–water partition coefficient (Wildman–Crippen LogP) is -0.196. The molecule has 11 heavy (non-hydrogen) atoms. The maximum Gasteiger partial charge on any atom is 0.640 e. The molecule has 64 valence electrons. The monoisotopic (exact) mass is 160 g/mol. The lowest BCUT2D eigenvalue weighted by Crippen LogP contribution is -2.25. The van der Waals surface area contributed by atoms with Crippen molar-refractivity contribution in [3.05, 3.63) is 0 Å². The number of aliphatic hydroxyl groups excluding tert-OH is 1. The second-order valence-corrected chi connectivity index (χ2v) is 2.75. The summed E-state index contributed by atoms with van der Waals surface area (Å²) < 4.78 is 15.4. The lowest BCUT2D eigenvalue weighted by molar-refractivity contribution is 0.0989. The molecule has 0 aromatic carbocycles. The zero-order chi connectivity index (χ0) is 8.27. The highest BCUT2D eigenvalue weighted by Gasteiger charge is 2.34. The summed E-state index contributed by atoms with van der Waals surface area (Å²) in [6, 6.07) is 0. The van der Waals surface area contributed by atoms with Crippen molar-refractivity contribution in [2.75, 3.05) is 13.2 Å². The molecule has 0 radical (unpaired) electrons. The van der Waals surface area contributed by atoms with Gasteiger partial charge in [0, 0.05) is 6.10 Å². The molecule has 0 bridgehead atoms. The topological polar surface area (TPSA) is 47.9 Å². The second kappa shape index (κ2) is 4.06. The molecule has 0 amide bonds. The minimum atomic E-state index is -0.591. The Labute approximate surface area is 66.6 Å². The third-order valence-corrected chi connectivity index (χ3v) is 1.31. The maximum absolute atomic E-state index is 8.66. The Balaban J connectivity index is 2.19. The van der Waals surface area contributed by atoms with Gasteiger partial charge in [-0.05, 0) is 13.8 Å². The van der Waals surface area contributed by atoms with E-state index < -0.39 is 7.32 Å². The van der Waals surface area contributed by atoms with E-state index in [4.69, 9.17) is 19.1 Å². The molecular formula is C6H13BO4. The van der Waals surface area contributed by atoms with E-state index in [2.05, 4.69) is 0 Å². The lowest BCUT2D eigenvalue weighted by Gasteiger charge is -2.09. The fourth-order valence-electron chi connectivity index (χ4n) is 0.811. The lowest BCUT2D eigenvalue weighted by atomic mass is 10.2. The van der Waals surface area contributed by atoms with E-state index in [-0.39, 0.29) is 18.8 Å². The van der Waals surface area contributed by atoms with Crippen LogP contribution in [0.1, 0.15) is 13.8 Å². The van der Waals surface area contributed by atoms with Crippen LogP contribution in [0.4, 0.5) is 0 Å². The van der Waals surface area contributed by atoms with Crippen LogP contribution >= 0.6 is 0 Å². The minimum absolute atomic E-state index is 0.0159. The van der Waals surface area contributed by atoms with Gasteiger partial charge in [0.05, 0.1) is 19.3 Å². The normalized spacial score (nSPS) is 25.1. The quantitative estimate of drug-likeness (QED) is 0.581. The SMILES string of the molecule is CC(C)OB1OCC(CO)O1. The van der Waals surface area contributed by atoms with Crippen LogP contribution in [0.2, 0.25) is 0 Å². The smallest absolute Gasteiger partial charge is 0.394 e. The largest absolute Gasteiger partial charge is 0.640 e. The van der Waals surface area contributed by atoms with Gasteiger partial charge in [-0.25, -0.2) is 0 Å². The zero-order valence-electron chi connectivity index (χ0n) is 6.82. The van der Waals surface area contributed by atoms with Gasteiger partial charge < -0.3 is 19.1 Å². The number of hydrogen-bond donors (Lipinski definition) is 1. The Morgan fingerprint density at radius 1 is 1.73 bits per heavy atom. The fourth-order valence-corrected chi connectivity index (χ4v) is 0.811. The first-order valence-corrected chi connectivity index (χ1v) is 3.75. The van der Waals surface area contributed by atoms with Gasteiger partial charge in [-0.1, -0.05) is 0 Å². The van der Waals surface area contributed by atoms with Crippen molar-refractivity contribution in [2.24, 2.45) is 0 Å². The molecule has 1 aliphatic rings. The number of rotatable bonds is 3. The highest BCUT2D eigenvalue weighted by Crippen LogP contribution is 2.09. The molecule has 0 saturated carbocycles. The van der Waals surface area contributed by atoms with E-state index in [1.807, 2.05) is 13.8 Å². The van der Waals surface area contributed by atoms with Crippen molar-refractivity contribution in [3.63, 3.8) is 0 Å². The summed E-state index contributed by atoms with van der Waals surface area (Å²) in [7, 11) is -0.591. The van der Waals surface area contributed by atoms with E-state index in [9.17, 15) is 0 Å². The molecule has 0 aromatic heterocycles. The molecule has 0 aliphatic carbocycles. The van der Waals surface area contributed by atoms with Crippen molar-refractivity contribution in [3.8, 4) is 0 Å². The third kappa shape index (κ3) is 2.79. The van der Waals surface area contributed by atoms with E-state index in [0.717, 1.165) is 0 Å². The van der Waals surface area contributed by atoms with Gasteiger partial charge in [0.2, 0.25) is 0 Å². The van der Waals surface area contributed by atoms with Crippen LogP contribution in [0.15, 0.2) is 0 Å². The summed E-state index contributed by atoms with van der Waals surface area (Å²) in [6.45, 7) is 4.20. The van der Waals surface area contributed by atoms with Crippen LogP contribution in [-0.2, 0) is 14.0 Å². The summed E-state index contributed by atoms with van der Waals surface area (Å²) in [6.07, 6.45) is -0.142. The van der Waals surface area contributed by atoms with E-state index in [0.29, 0.717) is 6.61 Å². The predicted molar refractivity (Wildman–Crippen MR) is 39.9 cm³/mol. The molecule has 1 heterocycles. The van der Waals surface area contributed by atoms with Crippen LogP contribution in [0.25, 0.3) is 0 Å². The summed E-state index contributed by atoms with van der Waals surface area (Å²) >= 11 is 0. The average Bonchev–Trinajstić information content (AvgIpc) is 2.34. The molecule has 1 atom stereocenters. The molecular weight excluding hydrogens is 147 g/mol. The Bertz CT molecular complexity index is 119. The van der Waals surface area contributed by atoms with Gasteiger partial charge >= 0.3 is 7.32 Å². The number of aliphatic hydroxyl groups is 1. The highest BCUT2D eigenvalue weighted by molar-refractivity contribution is 6.37. The first-order valence-electron chi connectivity index (χ1n) is 3.75. The van der Waals surface area contributed by atoms with Gasteiger partial charge in [-0.2, -0.15) is 0 Å². The maximum atomic E-state index is 8.66. The summed E-state index contributed by atoms with van der Waals surface area (Å²) in [5.74, 6) is 0. The summed E-state index contributed by atoms with van der Waals surface area (Å²) in [4.78, 5) is 0. The van der Waals surface area contributed by atoms with Gasteiger partial charge in [-0.15, -0.1) is 0 Å². The van der Waals surface area contributed by atoms with Gasteiger partial charge in [0.25, 0.3) is 0 Å². The highest BCUT2D eigenvalue weighted by atomic mass is 16.8. The van der Waals surface area contributed by atoms with Crippen molar-refractivity contribution in [2.45, 2.75) is 26.1 Å². The first-order chi connectivity index (χ1) is 5.22. The van der Waals surface area contributed by atoms with Crippen molar-refractivity contribution < 1.29 is 19.1 Å². The zero-order valence-corrected chi connectivity index (χ0v) is 6.82. The van der Waals surface area contributed by atoms with Crippen molar-refractivity contribution in [1.82, 2.24) is 0 Å². The molecule has 1 unspecified atom stereocenters. The average molecular weight is 160 g/mol. The van der Waals surface area contributed by atoms with Gasteiger partial charge in [0.15, 0.2) is 0 Å². The molecule has 1 saturated heterocycles. The standard InChI is InChI=1S/C6H13BO4/c1-5(2)10-7-9-4-6(3-8)11-7/h5-6,8H,3-4H2,1-2H3. The summed E-state index contributed by atoms with van der Waals surface area (Å²) in [5, 5.41) is 8.66. The Hall–Kier alpha value is -0.0951. The van der Waals surface area contributed by atoms with Crippen LogP contribution in [0, 0.1) is 0 Å². The molecule has 1 N–H and O–H groups in total. The van der Waals surface area contributed by atoms with E-state index >= 15 is 0 Å². The van der Waals surface area contributed by atoms with Crippen LogP contribution < -0.4 is 0 Å². The van der Waals surface area contributed by atoms with E-state index in [1.165, 1.54) is 0 Å². The first kappa shape index (κ1) is 9.00. The molecule has 1 rings (SSSR count). The Morgan fingerprint density at radius 3 is 2.91 bits per heavy atom. The molecule has 1 fully saturated rings. The number of hydrogen-bond acceptors (Lipinski definition) is 4. The van der Waals surface area contributed by atoms with Crippen LogP contribution in [0.3, 0.4) is 0 Å². The van der Waals surface area contributed by atoms with Crippen LogP contribution in [-0.4, -0.2) is 37.8 Å². The molecule has 1 aliphatic heterocycles. The third-order valence-electron chi connectivity index (χ3n) is 1.31. The Morgan fingerprint density at radius 2 is 2.45 bits per heavy atom. The van der Waals surface area contributed by atoms with Crippen molar-refractivity contribution >= 4 is 7.32 Å². The summed E-state index contributed by atoms with van der Waals surface area (Å²) in [5.41, 5.74) is 0. The Kier molecular flexibility index (Phi) is 3.32. The van der Waals surface area contributed by atoms with Gasteiger partial charge in [0.1, 0.15) is 0 Å². The molecule has 0 spiro atoms. The molecule has 5 heteroatoms. The van der Waals surface area contributed by atoms with Crippen LogP contribution in [0.5, 0.6) is 0 Å². The minimum Gasteiger partial charge on any atom is -0.394 e. The fraction of sp³-hybridized carbons (Fsp3) is 1.00. The molecule has 0 aromatic rings.